The number of fused-ring (bicyclic) bond motifs is 1. The van der Waals surface area contributed by atoms with Crippen LogP contribution < -0.4 is 0 Å². The highest BCUT2D eigenvalue weighted by Crippen LogP contribution is 2.30. The highest BCUT2D eigenvalue weighted by atomic mass is 32.2. The van der Waals surface area contributed by atoms with Crippen molar-refractivity contribution in [3.8, 4) is 0 Å². The van der Waals surface area contributed by atoms with Crippen molar-refractivity contribution in [2.24, 2.45) is 0 Å². The van der Waals surface area contributed by atoms with Gasteiger partial charge in [0.25, 0.3) is 0 Å². The third-order valence-corrected chi connectivity index (χ3v) is 8.81. The Morgan fingerprint density at radius 2 is 1.19 bits per heavy atom. The first kappa shape index (κ1) is 22.2. The van der Waals surface area contributed by atoms with E-state index in [2.05, 4.69) is 4.98 Å². The lowest BCUT2D eigenvalue weighted by Gasteiger charge is -2.13. The van der Waals surface area contributed by atoms with Gasteiger partial charge in [0.15, 0.2) is 9.84 Å². The molecule has 0 aliphatic rings. The van der Waals surface area contributed by atoms with E-state index in [-0.39, 0.29) is 20.4 Å². The highest BCUT2D eigenvalue weighted by Gasteiger charge is 2.27. The molecule has 0 radical (unpaired) electrons. The van der Waals surface area contributed by atoms with Gasteiger partial charge in [-0.2, -0.15) is 0 Å². The summed E-state index contributed by atoms with van der Waals surface area (Å²) in [6.07, 6.45) is 0. The van der Waals surface area contributed by atoms with Crippen molar-refractivity contribution in [2.45, 2.75) is 41.2 Å². The minimum atomic E-state index is -3.98. The fourth-order valence-corrected chi connectivity index (χ4v) is 6.35. The molecule has 164 valence electrons. The van der Waals surface area contributed by atoms with Crippen molar-refractivity contribution in [2.75, 3.05) is 0 Å². The van der Waals surface area contributed by atoms with Crippen LogP contribution in [0.2, 0.25) is 0 Å². The first-order valence-corrected chi connectivity index (χ1v) is 13.2. The van der Waals surface area contributed by atoms with Crippen LogP contribution in [-0.4, -0.2) is 21.8 Å². The van der Waals surface area contributed by atoms with E-state index < -0.39 is 25.4 Å². The first-order valence-electron chi connectivity index (χ1n) is 10.1. The van der Waals surface area contributed by atoms with Crippen LogP contribution in [0.3, 0.4) is 0 Å². The average molecular weight is 466 g/mol. The van der Waals surface area contributed by atoms with Crippen molar-refractivity contribution < 1.29 is 16.8 Å². The van der Waals surface area contributed by atoms with Gasteiger partial charge < -0.3 is 0 Å². The van der Waals surface area contributed by atoms with Gasteiger partial charge >= 0.3 is 0 Å². The molecular weight excluding hydrogens is 442 g/mol. The minimum absolute atomic E-state index is 0.0162. The Labute approximate surface area is 188 Å². The summed E-state index contributed by atoms with van der Waals surface area (Å²) in [7, 11) is -7.78. The second-order valence-corrected chi connectivity index (χ2v) is 11.9. The highest BCUT2D eigenvalue weighted by molar-refractivity contribution is 7.92. The van der Waals surface area contributed by atoms with E-state index >= 15 is 0 Å². The molecule has 0 bridgehead atoms. The van der Waals surface area contributed by atoms with Gasteiger partial charge in [0.1, 0.15) is 0 Å². The average Bonchev–Trinajstić information content (AvgIpc) is 2.74. The van der Waals surface area contributed by atoms with E-state index in [1.807, 2.05) is 32.9 Å². The van der Waals surface area contributed by atoms with Gasteiger partial charge in [0.2, 0.25) is 9.84 Å². The second-order valence-electron chi connectivity index (χ2n) is 8.02. The zero-order valence-electron chi connectivity index (χ0n) is 18.0. The third kappa shape index (κ3) is 4.31. The Morgan fingerprint density at radius 3 is 1.78 bits per heavy atom. The Hall–Kier alpha value is -3.03. The zero-order valence-corrected chi connectivity index (χ0v) is 19.7. The van der Waals surface area contributed by atoms with E-state index in [1.165, 1.54) is 30.3 Å². The molecule has 3 aromatic carbocycles. The summed E-state index contributed by atoms with van der Waals surface area (Å²) in [5.74, 6) is -0.514. The van der Waals surface area contributed by atoms with E-state index in [0.717, 1.165) is 16.7 Å². The third-order valence-electron chi connectivity index (χ3n) is 5.34. The molecule has 4 aromatic rings. The Balaban J connectivity index is 1.92. The lowest BCUT2D eigenvalue weighted by atomic mass is 10.1. The molecule has 7 heteroatoms. The van der Waals surface area contributed by atoms with Gasteiger partial charge in [-0.3, -0.25) is 4.98 Å². The number of sulfone groups is 2. The fourth-order valence-electron chi connectivity index (χ4n) is 3.51. The number of nitrogens with zero attached hydrogens (tertiary/aromatic N) is 1. The van der Waals surface area contributed by atoms with Gasteiger partial charge in [-0.25, -0.2) is 16.8 Å². The van der Waals surface area contributed by atoms with E-state index in [4.69, 9.17) is 0 Å². The molecule has 0 aliphatic carbocycles. The molecule has 0 unspecified atom stereocenters. The van der Waals surface area contributed by atoms with E-state index in [0.29, 0.717) is 10.9 Å². The van der Waals surface area contributed by atoms with E-state index in [9.17, 15) is 16.8 Å². The molecular formula is C25H23NO4S2. The van der Waals surface area contributed by atoms with Crippen LogP contribution in [0, 0.1) is 20.8 Å². The summed E-state index contributed by atoms with van der Waals surface area (Å²) in [6, 6.07) is 20.0. The fraction of sp³-hybridized carbons (Fsp3) is 0.160. The summed E-state index contributed by atoms with van der Waals surface area (Å²) in [4.78, 5) is 4.64. The van der Waals surface area contributed by atoms with Crippen LogP contribution in [0.25, 0.3) is 10.9 Å². The monoisotopic (exact) mass is 465 g/mol. The van der Waals surface area contributed by atoms with Crippen molar-refractivity contribution in [1.82, 2.24) is 4.98 Å². The van der Waals surface area contributed by atoms with E-state index in [1.54, 1.807) is 30.3 Å². The van der Waals surface area contributed by atoms with Crippen LogP contribution in [0.5, 0.6) is 0 Å². The van der Waals surface area contributed by atoms with Crippen molar-refractivity contribution in [3.63, 3.8) is 0 Å². The number of aryl methyl sites for hydroxylation is 3. The van der Waals surface area contributed by atoms with Crippen LogP contribution >= 0.6 is 0 Å². The molecule has 0 aliphatic heterocycles. The Kier molecular flexibility index (Phi) is 5.65. The molecule has 0 amide bonds. The van der Waals surface area contributed by atoms with Gasteiger partial charge in [-0.15, -0.1) is 0 Å². The molecule has 0 spiro atoms. The smallest absolute Gasteiger partial charge is 0.208 e. The Morgan fingerprint density at radius 1 is 0.656 bits per heavy atom. The molecule has 0 N–H and O–H groups in total. The summed E-state index contributed by atoms with van der Waals surface area (Å²) in [5, 5.41) is 0.646. The van der Waals surface area contributed by atoms with Crippen molar-refractivity contribution in [1.29, 1.82) is 0 Å². The predicted octanol–water partition coefficient (Wildman–Crippen LogP) is 4.97. The lowest BCUT2D eigenvalue weighted by molar-refractivity contribution is 0.591. The Bertz CT molecular complexity index is 1520. The number of aromatic nitrogens is 1. The van der Waals surface area contributed by atoms with Gasteiger partial charge in [-0.05, 0) is 63.2 Å². The molecule has 4 rings (SSSR count). The van der Waals surface area contributed by atoms with Gasteiger partial charge in [0.05, 0.1) is 31.6 Å². The normalized spacial score (nSPS) is 12.2. The SMILES string of the molecule is Cc1ccc(S(=O)(=O)Cc2nc3ccc(C)cc3cc2S(=O)(=O)c2ccc(C)cc2)cc1. The van der Waals surface area contributed by atoms with Crippen LogP contribution in [0.1, 0.15) is 22.4 Å². The predicted molar refractivity (Wildman–Crippen MR) is 125 cm³/mol. The molecule has 0 saturated heterocycles. The number of hydrogen-bond donors (Lipinski definition) is 0. The summed E-state index contributed by atoms with van der Waals surface area (Å²) >= 11 is 0. The summed E-state index contributed by atoms with van der Waals surface area (Å²) < 4.78 is 53.3. The van der Waals surface area contributed by atoms with Gasteiger partial charge in [0, 0.05) is 5.39 Å². The zero-order chi connectivity index (χ0) is 23.1. The maximum absolute atomic E-state index is 13.5. The lowest BCUT2D eigenvalue weighted by Crippen LogP contribution is -2.13. The van der Waals surface area contributed by atoms with Crippen molar-refractivity contribution in [3.05, 3.63) is 95.2 Å². The van der Waals surface area contributed by atoms with Crippen LogP contribution in [0.4, 0.5) is 0 Å². The quantitative estimate of drug-likeness (QED) is 0.416. The number of hydrogen-bond acceptors (Lipinski definition) is 5. The maximum Gasteiger partial charge on any atom is 0.208 e. The number of rotatable bonds is 5. The molecule has 32 heavy (non-hydrogen) atoms. The molecule has 0 atom stereocenters. The minimum Gasteiger partial charge on any atom is -0.250 e. The summed E-state index contributed by atoms with van der Waals surface area (Å²) in [6.45, 7) is 5.65. The van der Waals surface area contributed by atoms with Gasteiger partial charge in [-0.1, -0.05) is 47.0 Å². The number of pyridine rings is 1. The largest absolute Gasteiger partial charge is 0.250 e. The number of benzene rings is 3. The molecule has 1 heterocycles. The topological polar surface area (TPSA) is 81.2 Å². The van der Waals surface area contributed by atoms with Crippen LogP contribution in [-0.2, 0) is 25.4 Å². The summed E-state index contributed by atoms with van der Waals surface area (Å²) in [5.41, 5.74) is 3.39. The standard InChI is InChI=1S/C25H23NO4S2/c1-17-4-9-21(10-5-17)31(27,28)16-24-25(15-20-14-19(3)8-13-23(20)26-24)32(29,30)22-11-6-18(2)7-12-22/h4-15H,16H2,1-3H3. The molecule has 0 fully saturated rings. The first-order chi connectivity index (χ1) is 15.1. The molecule has 5 nitrogen and oxygen atoms in total. The van der Waals surface area contributed by atoms with Crippen LogP contribution in [0.15, 0.2) is 87.5 Å². The second kappa shape index (κ2) is 8.15. The van der Waals surface area contributed by atoms with Crippen molar-refractivity contribution >= 4 is 30.6 Å². The maximum atomic E-state index is 13.5. The molecule has 1 aromatic heterocycles. The molecule has 0 saturated carbocycles.